The molecule has 1 aromatic rings. The van der Waals surface area contributed by atoms with Crippen molar-refractivity contribution >= 4 is 5.91 Å². The molecule has 2 rings (SSSR count). The number of benzene rings is 1. The smallest absolute Gasteiger partial charge is 0.234 e. The molecule has 1 aromatic carbocycles. The van der Waals surface area contributed by atoms with Gasteiger partial charge in [-0.05, 0) is 24.3 Å². The van der Waals surface area contributed by atoms with Crippen LogP contribution < -0.4 is 10.6 Å². The Balaban J connectivity index is 1.60. The third kappa shape index (κ3) is 4.65. The molecule has 1 fully saturated rings. The molecule has 4 heteroatoms. The highest BCUT2D eigenvalue weighted by Crippen LogP contribution is 2.24. The lowest BCUT2D eigenvalue weighted by molar-refractivity contribution is -0.120. The summed E-state index contributed by atoms with van der Waals surface area (Å²) in [5.74, 6) is 0.304. The highest BCUT2D eigenvalue weighted by atomic mass is 16.3. The van der Waals surface area contributed by atoms with E-state index >= 15 is 0 Å². The number of amides is 1. The van der Waals surface area contributed by atoms with Gasteiger partial charge in [0, 0.05) is 13.1 Å². The number of rotatable bonds is 6. The summed E-state index contributed by atoms with van der Waals surface area (Å²) in [7, 11) is 0. The number of carbonyl (C=O) groups excluding carboxylic acids is 1. The normalized spacial score (nSPS) is 22.4. The molecule has 4 nitrogen and oxygen atoms in total. The Bertz CT molecular complexity index is 394. The lowest BCUT2D eigenvalue weighted by Gasteiger charge is -2.14. The van der Waals surface area contributed by atoms with Crippen LogP contribution in [0.1, 0.15) is 24.8 Å². The molecule has 104 valence electrons. The lowest BCUT2D eigenvalue weighted by atomic mass is 10.1. The van der Waals surface area contributed by atoms with Gasteiger partial charge in [0.1, 0.15) is 0 Å². The summed E-state index contributed by atoms with van der Waals surface area (Å²) in [5.41, 5.74) is 1.10. The van der Waals surface area contributed by atoms with Gasteiger partial charge in [0.2, 0.25) is 5.91 Å². The van der Waals surface area contributed by atoms with Crippen LogP contribution in [0.3, 0.4) is 0 Å². The minimum Gasteiger partial charge on any atom is -0.393 e. The number of hydrogen-bond acceptors (Lipinski definition) is 3. The fourth-order valence-electron chi connectivity index (χ4n) is 2.49. The van der Waals surface area contributed by atoms with E-state index in [2.05, 4.69) is 10.6 Å². The Kier molecular flexibility index (Phi) is 5.36. The van der Waals surface area contributed by atoms with E-state index in [1.54, 1.807) is 0 Å². The summed E-state index contributed by atoms with van der Waals surface area (Å²) < 4.78 is 0. The number of carbonyl (C=O) groups is 1. The van der Waals surface area contributed by atoms with Crippen molar-refractivity contribution in [1.82, 2.24) is 10.6 Å². The summed E-state index contributed by atoms with van der Waals surface area (Å²) in [6.07, 6.45) is 2.85. The van der Waals surface area contributed by atoms with Crippen molar-refractivity contribution in [2.45, 2.75) is 31.9 Å². The van der Waals surface area contributed by atoms with Crippen LogP contribution in [0.2, 0.25) is 0 Å². The zero-order valence-corrected chi connectivity index (χ0v) is 11.1. The number of hydrogen-bond donors (Lipinski definition) is 3. The third-order valence-electron chi connectivity index (χ3n) is 3.64. The fourth-order valence-corrected chi connectivity index (χ4v) is 2.49. The van der Waals surface area contributed by atoms with Gasteiger partial charge >= 0.3 is 0 Å². The van der Waals surface area contributed by atoms with E-state index in [0.717, 1.165) is 31.4 Å². The van der Waals surface area contributed by atoms with E-state index in [0.29, 0.717) is 19.0 Å². The molecular formula is C15H22N2O2. The van der Waals surface area contributed by atoms with Crippen LogP contribution in [-0.4, -0.2) is 30.2 Å². The van der Waals surface area contributed by atoms with Gasteiger partial charge in [-0.2, -0.15) is 0 Å². The second-order valence-corrected chi connectivity index (χ2v) is 5.15. The molecule has 1 saturated carbocycles. The third-order valence-corrected chi connectivity index (χ3v) is 3.64. The van der Waals surface area contributed by atoms with Crippen molar-refractivity contribution in [2.75, 3.05) is 13.1 Å². The van der Waals surface area contributed by atoms with E-state index in [1.807, 2.05) is 30.3 Å². The monoisotopic (exact) mass is 262 g/mol. The predicted molar refractivity (Wildman–Crippen MR) is 74.5 cm³/mol. The topological polar surface area (TPSA) is 61.4 Å². The molecular weight excluding hydrogens is 240 g/mol. The maximum absolute atomic E-state index is 11.6. The lowest BCUT2D eigenvalue weighted by Crippen LogP contribution is -2.37. The molecule has 0 bridgehead atoms. The maximum Gasteiger partial charge on any atom is 0.234 e. The first kappa shape index (κ1) is 14.0. The molecule has 2 atom stereocenters. The minimum absolute atomic E-state index is 0.00339. The predicted octanol–water partition coefficient (Wildman–Crippen LogP) is 1.05. The zero-order chi connectivity index (χ0) is 13.5. The molecule has 3 N–H and O–H groups in total. The van der Waals surface area contributed by atoms with Crippen molar-refractivity contribution in [3.63, 3.8) is 0 Å². The first-order valence-corrected chi connectivity index (χ1v) is 6.95. The Hall–Kier alpha value is -1.39. The highest BCUT2D eigenvalue weighted by Gasteiger charge is 2.24. The van der Waals surface area contributed by atoms with Crippen molar-refractivity contribution in [2.24, 2.45) is 5.92 Å². The van der Waals surface area contributed by atoms with Crippen LogP contribution in [0, 0.1) is 5.92 Å². The van der Waals surface area contributed by atoms with Gasteiger partial charge in [-0.25, -0.2) is 0 Å². The minimum atomic E-state index is -0.195. The zero-order valence-electron chi connectivity index (χ0n) is 11.1. The van der Waals surface area contributed by atoms with Gasteiger partial charge in [-0.3, -0.25) is 4.79 Å². The van der Waals surface area contributed by atoms with Crippen LogP contribution in [0.25, 0.3) is 0 Å². The van der Waals surface area contributed by atoms with Gasteiger partial charge in [-0.1, -0.05) is 36.8 Å². The second-order valence-electron chi connectivity index (χ2n) is 5.15. The summed E-state index contributed by atoms with van der Waals surface area (Å²) in [5, 5.41) is 15.7. The average Bonchev–Trinajstić information content (AvgIpc) is 2.83. The van der Waals surface area contributed by atoms with Gasteiger partial charge in [0.05, 0.1) is 12.6 Å². The van der Waals surface area contributed by atoms with Crippen molar-refractivity contribution < 1.29 is 9.90 Å². The Morgan fingerprint density at radius 3 is 2.74 bits per heavy atom. The van der Waals surface area contributed by atoms with Crippen LogP contribution in [0.15, 0.2) is 30.3 Å². The van der Waals surface area contributed by atoms with Crippen LogP contribution >= 0.6 is 0 Å². The largest absolute Gasteiger partial charge is 0.393 e. The molecule has 1 aliphatic carbocycles. The Morgan fingerprint density at radius 1 is 1.26 bits per heavy atom. The molecule has 0 spiro atoms. The quantitative estimate of drug-likeness (QED) is 0.718. The molecule has 19 heavy (non-hydrogen) atoms. The van der Waals surface area contributed by atoms with E-state index in [9.17, 15) is 9.90 Å². The van der Waals surface area contributed by atoms with E-state index < -0.39 is 0 Å². The summed E-state index contributed by atoms with van der Waals surface area (Å²) >= 11 is 0. The van der Waals surface area contributed by atoms with Crippen LogP contribution in [0.5, 0.6) is 0 Å². The molecule has 0 aliphatic heterocycles. The second kappa shape index (κ2) is 7.26. The van der Waals surface area contributed by atoms with Gasteiger partial charge in [0.25, 0.3) is 0 Å². The molecule has 0 radical (unpaired) electrons. The molecule has 0 saturated heterocycles. The number of aliphatic hydroxyl groups excluding tert-OH is 1. The molecule has 0 heterocycles. The molecule has 0 aromatic heterocycles. The van der Waals surface area contributed by atoms with Crippen LogP contribution in [-0.2, 0) is 11.3 Å². The summed E-state index contributed by atoms with van der Waals surface area (Å²) in [4.78, 5) is 11.6. The van der Waals surface area contributed by atoms with Crippen molar-refractivity contribution in [1.29, 1.82) is 0 Å². The number of nitrogens with one attached hydrogen (secondary N) is 2. The fraction of sp³-hybridized carbons (Fsp3) is 0.533. The SMILES string of the molecule is O=C(CNCC1CCCC1O)NCc1ccccc1. The first-order chi connectivity index (χ1) is 9.25. The van der Waals surface area contributed by atoms with E-state index in [4.69, 9.17) is 0 Å². The van der Waals surface area contributed by atoms with Gasteiger partial charge in [-0.15, -0.1) is 0 Å². The Morgan fingerprint density at radius 2 is 2.05 bits per heavy atom. The first-order valence-electron chi connectivity index (χ1n) is 6.95. The standard InChI is InChI=1S/C15H22N2O2/c18-14-8-4-7-13(14)10-16-11-15(19)17-9-12-5-2-1-3-6-12/h1-3,5-6,13-14,16,18H,4,7-11H2,(H,17,19). The maximum atomic E-state index is 11.6. The average molecular weight is 262 g/mol. The molecule has 1 aliphatic rings. The summed E-state index contributed by atoms with van der Waals surface area (Å²) in [6.45, 7) is 1.60. The highest BCUT2D eigenvalue weighted by molar-refractivity contribution is 5.77. The molecule has 2 unspecified atom stereocenters. The van der Waals surface area contributed by atoms with Crippen molar-refractivity contribution in [3.05, 3.63) is 35.9 Å². The summed E-state index contributed by atoms with van der Waals surface area (Å²) in [6, 6.07) is 9.85. The van der Waals surface area contributed by atoms with E-state index in [1.165, 1.54) is 0 Å². The van der Waals surface area contributed by atoms with Gasteiger partial charge < -0.3 is 15.7 Å². The van der Waals surface area contributed by atoms with Crippen LogP contribution in [0.4, 0.5) is 0 Å². The molecule has 1 amide bonds. The van der Waals surface area contributed by atoms with Crippen molar-refractivity contribution in [3.8, 4) is 0 Å². The van der Waals surface area contributed by atoms with E-state index in [-0.39, 0.29) is 12.0 Å². The Labute approximate surface area is 114 Å². The van der Waals surface area contributed by atoms with Gasteiger partial charge in [0.15, 0.2) is 0 Å². The number of aliphatic hydroxyl groups is 1.